The molecule has 2 aromatic rings. The number of nitrogens with one attached hydrogen (secondary N) is 2. The van der Waals surface area contributed by atoms with E-state index in [1.54, 1.807) is 6.20 Å². The smallest absolute Gasteiger partial charge is 0.180 e. The van der Waals surface area contributed by atoms with Crippen LogP contribution in [0, 0.1) is 0 Å². The number of fused-ring (bicyclic) bond motifs is 1. The largest absolute Gasteiger partial charge is 0.394 e. The van der Waals surface area contributed by atoms with Crippen molar-refractivity contribution in [1.82, 2.24) is 14.4 Å². The minimum absolute atomic E-state index is 0.0208. The van der Waals surface area contributed by atoms with Crippen LogP contribution in [0.25, 0.3) is 5.65 Å². The Kier molecular flexibility index (Phi) is 3.38. The fourth-order valence-corrected chi connectivity index (χ4v) is 1.64. The molecule has 0 fully saturated rings. The molecule has 2 heterocycles. The molecule has 6 nitrogen and oxygen atoms in total. The molecule has 2 aromatic heterocycles. The molecule has 0 unspecified atom stereocenters. The highest BCUT2D eigenvalue weighted by atomic mass is 16.3. The lowest BCUT2D eigenvalue weighted by atomic mass is 10.1. The van der Waals surface area contributed by atoms with Crippen molar-refractivity contribution < 1.29 is 5.11 Å². The van der Waals surface area contributed by atoms with E-state index in [0.717, 1.165) is 18.0 Å². The molecular formula is C12H19N5O. The number of aliphatic hydroxyl groups excluding tert-OH is 1. The van der Waals surface area contributed by atoms with E-state index in [1.165, 1.54) is 0 Å². The van der Waals surface area contributed by atoms with Crippen molar-refractivity contribution in [3.05, 3.63) is 18.6 Å². The maximum atomic E-state index is 9.32. The highest BCUT2D eigenvalue weighted by Crippen LogP contribution is 2.20. The Morgan fingerprint density at radius 1 is 1.44 bits per heavy atom. The Balaban J connectivity index is 2.43. The summed E-state index contributed by atoms with van der Waals surface area (Å²) in [6, 6.07) is 0. The summed E-state index contributed by atoms with van der Waals surface area (Å²) in [7, 11) is 0. The Hall–Kier alpha value is -1.82. The lowest BCUT2D eigenvalue weighted by Crippen LogP contribution is -2.35. The van der Waals surface area contributed by atoms with E-state index in [1.807, 2.05) is 37.6 Å². The molecule has 0 amide bonds. The van der Waals surface area contributed by atoms with Gasteiger partial charge in [-0.05, 0) is 20.8 Å². The number of imidazole rings is 1. The summed E-state index contributed by atoms with van der Waals surface area (Å²) in [4.78, 5) is 8.75. The van der Waals surface area contributed by atoms with Gasteiger partial charge in [0.2, 0.25) is 0 Å². The second kappa shape index (κ2) is 4.81. The molecule has 0 saturated carbocycles. The Bertz CT molecular complexity index is 534. The van der Waals surface area contributed by atoms with Gasteiger partial charge in [0.05, 0.1) is 18.3 Å². The zero-order chi connectivity index (χ0) is 13.2. The molecule has 0 aliphatic heterocycles. The molecule has 0 saturated heterocycles. The van der Waals surface area contributed by atoms with E-state index >= 15 is 0 Å². The molecular weight excluding hydrogens is 230 g/mol. The monoisotopic (exact) mass is 249 g/mol. The van der Waals surface area contributed by atoms with Gasteiger partial charge < -0.3 is 20.1 Å². The van der Waals surface area contributed by atoms with Gasteiger partial charge in [-0.1, -0.05) is 0 Å². The predicted octanol–water partition coefficient (Wildman–Crippen LogP) is 1.34. The number of rotatable bonds is 5. The average Bonchev–Trinajstić information content (AvgIpc) is 2.77. The third-order valence-electron chi connectivity index (χ3n) is 2.58. The second-order valence-corrected chi connectivity index (χ2v) is 4.83. The molecule has 2 rings (SSSR count). The summed E-state index contributed by atoms with van der Waals surface area (Å²) in [6.07, 6.45) is 5.49. The van der Waals surface area contributed by atoms with Crippen molar-refractivity contribution in [3.8, 4) is 0 Å². The van der Waals surface area contributed by atoms with Gasteiger partial charge >= 0.3 is 0 Å². The minimum Gasteiger partial charge on any atom is -0.394 e. The van der Waals surface area contributed by atoms with Gasteiger partial charge in [0.15, 0.2) is 11.5 Å². The van der Waals surface area contributed by atoms with Gasteiger partial charge in [0.1, 0.15) is 5.82 Å². The molecule has 18 heavy (non-hydrogen) atoms. The van der Waals surface area contributed by atoms with Crippen molar-refractivity contribution in [3.63, 3.8) is 0 Å². The molecule has 0 aliphatic rings. The molecule has 3 N–H and O–H groups in total. The lowest BCUT2D eigenvalue weighted by molar-refractivity contribution is 0.234. The number of aliphatic hydroxyl groups is 1. The number of hydrogen-bond donors (Lipinski definition) is 3. The fraction of sp³-hybridized carbons (Fsp3) is 0.500. The van der Waals surface area contributed by atoms with Gasteiger partial charge in [-0.2, -0.15) is 0 Å². The molecule has 98 valence electrons. The Morgan fingerprint density at radius 2 is 2.22 bits per heavy atom. The normalized spacial score (nSPS) is 11.8. The van der Waals surface area contributed by atoms with Gasteiger partial charge in [0, 0.05) is 18.9 Å². The Morgan fingerprint density at radius 3 is 2.89 bits per heavy atom. The van der Waals surface area contributed by atoms with Crippen molar-refractivity contribution in [2.45, 2.75) is 26.3 Å². The first-order chi connectivity index (χ1) is 8.55. The maximum Gasteiger partial charge on any atom is 0.180 e. The standard InChI is InChI=1S/C12H19N5O/c1-4-13-9-7-17-6-5-14-11(17)10(15-9)16-12(2,3)8-18/h5-7,13,18H,4,8H2,1-3H3,(H,15,16). The van der Waals surface area contributed by atoms with E-state index in [-0.39, 0.29) is 6.61 Å². The van der Waals surface area contributed by atoms with Gasteiger partial charge in [0.25, 0.3) is 0 Å². The summed E-state index contributed by atoms with van der Waals surface area (Å²) in [5, 5.41) is 15.7. The summed E-state index contributed by atoms with van der Waals surface area (Å²) in [6.45, 7) is 6.66. The van der Waals surface area contributed by atoms with Crippen molar-refractivity contribution >= 4 is 17.3 Å². The summed E-state index contributed by atoms with van der Waals surface area (Å²) < 4.78 is 1.90. The molecule has 6 heteroatoms. The zero-order valence-corrected chi connectivity index (χ0v) is 10.9. The van der Waals surface area contributed by atoms with E-state index in [9.17, 15) is 5.11 Å². The van der Waals surface area contributed by atoms with Crippen LogP contribution in [0.1, 0.15) is 20.8 Å². The number of anilines is 2. The van der Waals surface area contributed by atoms with Crippen LogP contribution in [0.2, 0.25) is 0 Å². The van der Waals surface area contributed by atoms with Crippen LogP contribution in [0.15, 0.2) is 18.6 Å². The topological polar surface area (TPSA) is 74.5 Å². The van der Waals surface area contributed by atoms with E-state index in [4.69, 9.17) is 0 Å². The van der Waals surface area contributed by atoms with Crippen LogP contribution in [-0.2, 0) is 0 Å². The molecule has 0 atom stereocenters. The summed E-state index contributed by atoms with van der Waals surface area (Å²) >= 11 is 0. The number of nitrogens with zero attached hydrogens (tertiary/aromatic N) is 3. The highest BCUT2D eigenvalue weighted by Gasteiger charge is 2.19. The average molecular weight is 249 g/mol. The molecule has 0 aliphatic carbocycles. The quantitative estimate of drug-likeness (QED) is 0.745. The van der Waals surface area contributed by atoms with Crippen molar-refractivity contribution in [2.75, 3.05) is 23.8 Å². The summed E-state index contributed by atoms with van der Waals surface area (Å²) in [5.74, 6) is 1.44. The van der Waals surface area contributed by atoms with Crippen LogP contribution in [0.3, 0.4) is 0 Å². The fourth-order valence-electron chi connectivity index (χ4n) is 1.64. The van der Waals surface area contributed by atoms with Crippen molar-refractivity contribution in [2.24, 2.45) is 0 Å². The third-order valence-corrected chi connectivity index (χ3v) is 2.58. The minimum atomic E-state index is -0.440. The van der Waals surface area contributed by atoms with Crippen molar-refractivity contribution in [1.29, 1.82) is 0 Å². The van der Waals surface area contributed by atoms with Crippen LogP contribution in [0.5, 0.6) is 0 Å². The molecule has 0 bridgehead atoms. The van der Waals surface area contributed by atoms with Crippen LogP contribution in [-0.4, -0.2) is 38.2 Å². The zero-order valence-electron chi connectivity index (χ0n) is 10.9. The van der Waals surface area contributed by atoms with E-state index in [0.29, 0.717) is 5.82 Å². The maximum absolute atomic E-state index is 9.32. The Labute approximate surface area is 106 Å². The highest BCUT2D eigenvalue weighted by molar-refractivity contribution is 5.66. The van der Waals surface area contributed by atoms with Crippen LogP contribution < -0.4 is 10.6 Å². The predicted molar refractivity (Wildman–Crippen MR) is 71.9 cm³/mol. The number of hydrogen-bond acceptors (Lipinski definition) is 5. The molecule has 0 spiro atoms. The second-order valence-electron chi connectivity index (χ2n) is 4.83. The third kappa shape index (κ3) is 2.53. The first-order valence-electron chi connectivity index (χ1n) is 6.02. The van der Waals surface area contributed by atoms with Gasteiger partial charge in [-0.25, -0.2) is 9.97 Å². The summed E-state index contributed by atoms with van der Waals surface area (Å²) in [5.41, 5.74) is 0.308. The lowest BCUT2D eigenvalue weighted by Gasteiger charge is -2.24. The van der Waals surface area contributed by atoms with Crippen LogP contribution >= 0.6 is 0 Å². The van der Waals surface area contributed by atoms with E-state index in [2.05, 4.69) is 20.6 Å². The van der Waals surface area contributed by atoms with Gasteiger partial charge in [-0.3, -0.25) is 0 Å². The molecule has 0 radical (unpaired) electrons. The van der Waals surface area contributed by atoms with E-state index < -0.39 is 5.54 Å². The SMILES string of the molecule is CCNc1cn2ccnc2c(NC(C)(C)CO)n1. The first kappa shape index (κ1) is 12.6. The number of aromatic nitrogens is 3. The first-order valence-corrected chi connectivity index (χ1v) is 6.02. The van der Waals surface area contributed by atoms with Gasteiger partial charge in [-0.15, -0.1) is 0 Å². The van der Waals surface area contributed by atoms with Crippen LogP contribution in [0.4, 0.5) is 11.6 Å². The molecule has 0 aromatic carbocycles.